The summed E-state index contributed by atoms with van der Waals surface area (Å²) >= 11 is 3.39. The van der Waals surface area contributed by atoms with E-state index in [0.717, 1.165) is 15.8 Å². The lowest BCUT2D eigenvalue weighted by Crippen LogP contribution is -2.17. The third-order valence-corrected chi connectivity index (χ3v) is 3.40. The molecule has 19 heavy (non-hydrogen) atoms. The molecule has 0 radical (unpaired) electrons. The number of methoxy groups -OCH3 is 1. The van der Waals surface area contributed by atoms with Crippen molar-refractivity contribution in [1.29, 1.82) is 0 Å². The van der Waals surface area contributed by atoms with E-state index in [2.05, 4.69) is 27.8 Å². The van der Waals surface area contributed by atoms with Crippen LogP contribution in [0, 0.1) is 0 Å². The first-order valence-corrected chi connectivity index (χ1v) is 6.78. The maximum atomic E-state index is 12.1. The summed E-state index contributed by atoms with van der Waals surface area (Å²) in [4.78, 5) is 12.1. The number of benzene rings is 1. The van der Waals surface area contributed by atoms with Gasteiger partial charge in [0.1, 0.15) is 5.75 Å². The summed E-state index contributed by atoms with van der Waals surface area (Å²) in [5.41, 5.74) is 2.00. The lowest BCUT2D eigenvalue weighted by Gasteiger charge is -2.08. The summed E-state index contributed by atoms with van der Waals surface area (Å²) in [6.07, 6.45) is 2.43. The molecule has 0 aliphatic rings. The summed E-state index contributed by atoms with van der Waals surface area (Å²) in [5.74, 6) is 0.665. The van der Waals surface area contributed by atoms with Crippen LogP contribution < -0.4 is 10.1 Å². The van der Waals surface area contributed by atoms with Crippen molar-refractivity contribution in [2.45, 2.75) is 13.3 Å². The summed E-state index contributed by atoms with van der Waals surface area (Å²) in [5, 5.41) is 2.92. The SMILES string of the molecule is C=C(CC)C(=O)/C(=C/c1ccc(Br)c(OC)c1)NC. The van der Waals surface area contributed by atoms with E-state index in [1.807, 2.05) is 25.1 Å². The predicted molar refractivity (Wildman–Crippen MR) is 82.2 cm³/mol. The number of ketones is 1. The lowest BCUT2D eigenvalue weighted by molar-refractivity contribution is -0.112. The molecule has 4 heteroatoms. The number of ether oxygens (including phenoxy) is 1. The van der Waals surface area contributed by atoms with Crippen LogP contribution in [0.3, 0.4) is 0 Å². The fourth-order valence-electron chi connectivity index (χ4n) is 1.54. The average Bonchev–Trinajstić information content (AvgIpc) is 2.44. The summed E-state index contributed by atoms with van der Waals surface area (Å²) < 4.78 is 6.11. The number of carbonyl (C=O) groups excluding carboxylic acids is 1. The van der Waals surface area contributed by atoms with E-state index in [1.54, 1.807) is 20.2 Å². The van der Waals surface area contributed by atoms with E-state index in [4.69, 9.17) is 4.74 Å². The molecular formula is C15H18BrNO2. The second kappa shape index (κ2) is 7.14. The van der Waals surface area contributed by atoms with Crippen LogP contribution in [0.1, 0.15) is 18.9 Å². The zero-order valence-corrected chi connectivity index (χ0v) is 13.0. The molecule has 0 aliphatic heterocycles. The van der Waals surface area contributed by atoms with Crippen molar-refractivity contribution in [2.24, 2.45) is 0 Å². The van der Waals surface area contributed by atoms with Gasteiger partial charge in [-0.15, -0.1) is 0 Å². The standard InChI is InChI=1S/C15H18BrNO2/c1-5-10(2)15(18)13(17-3)8-11-6-7-12(16)14(9-11)19-4/h6-9,17H,2,5H2,1,3-4H3/b13-8-. The first-order valence-electron chi connectivity index (χ1n) is 5.99. The molecule has 0 fully saturated rings. The summed E-state index contributed by atoms with van der Waals surface area (Å²) in [7, 11) is 3.33. The molecule has 102 valence electrons. The molecule has 0 bridgehead atoms. The van der Waals surface area contributed by atoms with E-state index in [-0.39, 0.29) is 5.78 Å². The van der Waals surface area contributed by atoms with E-state index in [9.17, 15) is 4.79 Å². The molecule has 1 N–H and O–H groups in total. The molecule has 0 spiro atoms. The first kappa shape index (κ1) is 15.5. The van der Waals surface area contributed by atoms with Gasteiger partial charge in [0.25, 0.3) is 0 Å². The topological polar surface area (TPSA) is 38.3 Å². The summed E-state index contributed by atoms with van der Waals surface area (Å²) in [6.45, 7) is 5.68. The van der Waals surface area contributed by atoms with Gasteiger partial charge in [0.15, 0.2) is 0 Å². The van der Waals surface area contributed by atoms with Crippen molar-refractivity contribution >= 4 is 27.8 Å². The molecule has 3 nitrogen and oxygen atoms in total. The van der Waals surface area contributed by atoms with Crippen LogP contribution in [0.4, 0.5) is 0 Å². The van der Waals surface area contributed by atoms with Gasteiger partial charge in [-0.3, -0.25) is 4.79 Å². The van der Waals surface area contributed by atoms with Crippen molar-refractivity contribution in [2.75, 3.05) is 14.2 Å². The Bertz CT molecular complexity index is 521. The minimum Gasteiger partial charge on any atom is -0.496 e. The Morgan fingerprint density at radius 3 is 2.74 bits per heavy atom. The molecule has 0 unspecified atom stereocenters. The second-order valence-corrected chi connectivity index (χ2v) is 4.84. The van der Waals surface area contributed by atoms with Crippen LogP contribution in [-0.2, 0) is 4.79 Å². The monoisotopic (exact) mass is 323 g/mol. The highest BCUT2D eigenvalue weighted by molar-refractivity contribution is 9.10. The normalized spacial score (nSPS) is 11.1. The van der Waals surface area contributed by atoms with Gasteiger partial charge in [0.2, 0.25) is 5.78 Å². The zero-order chi connectivity index (χ0) is 14.4. The largest absolute Gasteiger partial charge is 0.496 e. The van der Waals surface area contributed by atoms with Crippen LogP contribution in [0.25, 0.3) is 6.08 Å². The Kier molecular flexibility index (Phi) is 5.83. The molecular weight excluding hydrogens is 306 g/mol. The maximum Gasteiger partial charge on any atom is 0.204 e. The molecule has 1 aromatic rings. The molecule has 0 amide bonds. The Balaban J connectivity index is 3.11. The number of halogens is 1. The van der Waals surface area contributed by atoms with Crippen molar-refractivity contribution in [3.05, 3.63) is 46.1 Å². The van der Waals surface area contributed by atoms with Crippen LogP contribution in [0.2, 0.25) is 0 Å². The van der Waals surface area contributed by atoms with Gasteiger partial charge in [-0.1, -0.05) is 19.6 Å². The van der Waals surface area contributed by atoms with E-state index >= 15 is 0 Å². The molecule has 1 aromatic carbocycles. The number of carbonyl (C=O) groups is 1. The number of allylic oxidation sites excluding steroid dienone is 1. The number of hydrogen-bond donors (Lipinski definition) is 1. The van der Waals surface area contributed by atoms with Gasteiger partial charge in [-0.05, 0) is 51.7 Å². The maximum absolute atomic E-state index is 12.1. The Labute approximate surface area is 122 Å². The van der Waals surface area contributed by atoms with Gasteiger partial charge in [-0.2, -0.15) is 0 Å². The van der Waals surface area contributed by atoms with Crippen molar-refractivity contribution < 1.29 is 9.53 Å². The van der Waals surface area contributed by atoms with Crippen LogP contribution in [0.5, 0.6) is 5.75 Å². The molecule has 0 saturated heterocycles. The minimum atomic E-state index is -0.0631. The fourth-order valence-corrected chi connectivity index (χ4v) is 1.94. The van der Waals surface area contributed by atoms with Gasteiger partial charge >= 0.3 is 0 Å². The molecule has 0 atom stereocenters. The molecule has 1 rings (SSSR count). The van der Waals surface area contributed by atoms with E-state index in [1.165, 1.54) is 0 Å². The van der Waals surface area contributed by atoms with Crippen LogP contribution >= 0.6 is 15.9 Å². The lowest BCUT2D eigenvalue weighted by atomic mass is 10.1. The van der Waals surface area contributed by atoms with Crippen molar-refractivity contribution in [3.63, 3.8) is 0 Å². The molecule has 0 aliphatic carbocycles. The highest BCUT2D eigenvalue weighted by Crippen LogP contribution is 2.26. The minimum absolute atomic E-state index is 0.0631. The van der Waals surface area contributed by atoms with Gasteiger partial charge < -0.3 is 10.1 Å². The fraction of sp³-hybridized carbons (Fsp3) is 0.267. The van der Waals surface area contributed by atoms with Gasteiger partial charge in [0.05, 0.1) is 17.3 Å². The number of nitrogens with one attached hydrogen (secondary N) is 1. The van der Waals surface area contributed by atoms with Crippen LogP contribution in [-0.4, -0.2) is 19.9 Å². The van der Waals surface area contributed by atoms with Gasteiger partial charge in [-0.25, -0.2) is 0 Å². The molecule has 0 saturated carbocycles. The third kappa shape index (κ3) is 3.96. The highest BCUT2D eigenvalue weighted by Gasteiger charge is 2.11. The summed E-state index contributed by atoms with van der Waals surface area (Å²) in [6, 6.07) is 5.66. The quantitative estimate of drug-likeness (QED) is 0.813. The third-order valence-electron chi connectivity index (χ3n) is 2.75. The second-order valence-electron chi connectivity index (χ2n) is 3.99. The molecule has 0 heterocycles. The first-order chi connectivity index (χ1) is 9.03. The number of likely N-dealkylation sites (N-methyl/N-ethyl adjacent to an activating group) is 1. The van der Waals surface area contributed by atoms with E-state index in [0.29, 0.717) is 17.7 Å². The highest BCUT2D eigenvalue weighted by atomic mass is 79.9. The number of hydrogen-bond acceptors (Lipinski definition) is 3. The van der Waals surface area contributed by atoms with Crippen molar-refractivity contribution in [3.8, 4) is 5.75 Å². The predicted octanol–water partition coefficient (Wildman–Crippen LogP) is 3.55. The Morgan fingerprint density at radius 1 is 1.53 bits per heavy atom. The average molecular weight is 324 g/mol. The van der Waals surface area contributed by atoms with Crippen molar-refractivity contribution in [1.82, 2.24) is 5.32 Å². The Morgan fingerprint density at radius 2 is 2.21 bits per heavy atom. The van der Waals surface area contributed by atoms with Crippen LogP contribution in [0.15, 0.2) is 40.5 Å². The van der Waals surface area contributed by atoms with E-state index < -0.39 is 0 Å². The zero-order valence-electron chi connectivity index (χ0n) is 11.4. The Hall–Kier alpha value is -1.55. The van der Waals surface area contributed by atoms with Gasteiger partial charge in [0, 0.05) is 7.05 Å². The molecule has 0 aromatic heterocycles. The smallest absolute Gasteiger partial charge is 0.204 e. The number of Topliss-reactive ketones (excluding diaryl/α,β-unsaturated/α-hetero) is 1. The number of rotatable bonds is 6.